The first-order valence-electron chi connectivity index (χ1n) is 7.66. The Kier molecular flexibility index (Phi) is 4.60. The molecule has 1 aliphatic rings. The van der Waals surface area contributed by atoms with E-state index in [2.05, 4.69) is 10.4 Å². The first-order valence-corrected chi connectivity index (χ1v) is 9.70. The highest BCUT2D eigenvalue weighted by Gasteiger charge is 2.33. The predicted octanol–water partition coefficient (Wildman–Crippen LogP) is 4.43. The van der Waals surface area contributed by atoms with Crippen LogP contribution in [0.5, 0.6) is 0 Å². The van der Waals surface area contributed by atoms with Crippen LogP contribution in [0.25, 0.3) is 16.3 Å². The normalized spacial score (nSPS) is 15.7. The monoisotopic (exact) mass is 414 g/mol. The van der Waals surface area contributed by atoms with Crippen molar-refractivity contribution in [2.45, 2.75) is 0 Å². The van der Waals surface area contributed by atoms with Crippen molar-refractivity contribution in [2.75, 3.05) is 5.43 Å². The Bertz CT molecular complexity index is 1090. The van der Waals surface area contributed by atoms with Crippen molar-refractivity contribution in [2.24, 2.45) is 0 Å². The molecule has 0 unspecified atom stereocenters. The number of benzene rings is 2. The lowest BCUT2D eigenvalue weighted by atomic mass is 10.2. The summed E-state index contributed by atoms with van der Waals surface area (Å²) in [4.78, 5) is 27.9. The summed E-state index contributed by atoms with van der Waals surface area (Å²) >= 11 is 7.84. The standard InChI is InChI=1S/C17H10N4O3S3/c22-15-14(9-10-4-3-5-11(8-10)21(23)24)27-17(25)20(15)19-16-18-12-6-1-2-7-13(12)26-16/h1-9H,(H,18,19)/b14-9-. The SMILES string of the molecule is O=C1/C(=C/c2cccc([N+](=O)[O-])c2)SC(=S)N1Nc1nc2ccccc2s1. The molecule has 1 saturated heterocycles. The molecular formula is C17H10N4O3S3. The third kappa shape index (κ3) is 3.54. The molecule has 7 nitrogen and oxygen atoms in total. The zero-order chi connectivity index (χ0) is 19.0. The van der Waals surface area contributed by atoms with Crippen LogP contribution in [0.3, 0.4) is 0 Å². The zero-order valence-electron chi connectivity index (χ0n) is 13.5. The van der Waals surface area contributed by atoms with Gasteiger partial charge in [0.15, 0.2) is 4.32 Å². The molecule has 3 aromatic rings. The number of anilines is 1. The second kappa shape index (κ2) is 7.06. The molecule has 27 heavy (non-hydrogen) atoms. The van der Waals surface area contributed by atoms with Gasteiger partial charge in [-0.05, 0) is 36.0 Å². The molecule has 134 valence electrons. The van der Waals surface area contributed by atoms with Gasteiger partial charge >= 0.3 is 0 Å². The van der Waals surface area contributed by atoms with Crippen LogP contribution in [0.2, 0.25) is 0 Å². The molecule has 1 aromatic heterocycles. The number of fused-ring (bicyclic) bond motifs is 1. The second-order valence-electron chi connectivity index (χ2n) is 5.47. The molecule has 1 N–H and O–H groups in total. The highest BCUT2D eigenvalue weighted by Crippen LogP contribution is 2.34. The Morgan fingerprint density at radius 1 is 1.22 bits per heavy atom. The highest BCUT2D eigenvalue weighted by atomic mass is 32.2. The second-order valence-corrected chi connectivity index (χ2v) is 8.17. The van der Waals surface area contributed by atoms with Crippen LogP contribution >= 0.6 is 35.3 Å². The van der Waals surface area contributed by atoms with E-state index in [1.165, 1.54) is 28.5 Å². The molecule has 0 radical (unpaired) electrons. The van der Waals surface area contributed by atoms with Crippen molar-refractivity contribution in [3.8, 4) is 0 Å². The van der Waals surface area contributed by atoms with E-state index >= 15 is 0 Å². The van der Waals surface area contributed by atoms with Crippen LogP contribution in [0.4, 0.5) is 10.8 Å². The minimum absolute atomic E-state index is 0.0353. The fourth-order valence-corrected chi connectivity index (χ4v) is 4.49. The van der Waals surface area contributed by atoms with Gasteiger partial charge in [-0.1, -0.05) is 47.4 Å². The van der Waals surface area contributed by atoms with Gasteiger partial charge in [-0.2, -0.15) is 5.01 Å². The van der Waals surface area contributed by atoms with Gasteiger partial charge in [-0.15, -0.1) is 0 Å². The van der Waals surface area contributed by atoms with Gasteiger partial charge in [-0.25, -0.2) is 4.98 Å². The average molecular weight is 414 g/mol. The molecule has 0 bridgehead atoms. The smallest absolute Gasteiger partial charge is 0.266 e. The van der Waals surface area contributed by atoms with Crippen molar-refractivity contribution in [3.63, 3.8) is 0 Å². The van der Waals surface area contributed by atoms with Crippen LogP contribution in [0.1, 0.15) is 5.56 Å². The van der Waals surface area contributed by atoms with Crippen molar-refractivity contribution < 1.29 is 9.72 Å². The van der Waals surface area contributed by atoms with E-state index in [0.717, 1.165) is 22.0 Å². The number of carbonyl (C=O) groups excluding carboxylic acids is 1. The summed E-state index contributed by atoms with van der Waals surface area (Å²) in [5, 5.41) is 12.7. The number of hydrogen-bond acceptors (Lipinski definition) is 8. The number of amides is 1. The number of thiazole rings is 1. The Labute approximate surface area is 166 Å². The molecule has 1 aliphatic heterocycles. The number of thiocarbonyl (C=S) groups is 1. The topological polar surface area (TPSA) is 88.4 Å². The number of nitrogens with zero attached hydrogens (tertiary/aromatic N) is 3. The fraction of sp³-hybridized carbons (Fsp3) is 0. The Morgan fingerprint density at radius 3 is 2.81 bits per heavy atom. The number of carbonyl (C=O) groups is 1. The van der Waals surface area contributed by atoms with E-state index in [-0.39, 0.29) is 11.6 Å². The van der Waals surface area contributed by atoms with E-state index in [1.807, 2.05) is 24.3 Å². The molecule has 0 atom stereocenters. The molecule has 4 rings (SSSR count). The molecule has 0 saturated carbocycles. The largest absolute Gasteiger partial charge is 0.285 e. The van der Waals surface area contributed by atoms with Gasteiger partial charge in [0.2, 0.25) is 5.13 Å². The number of para-hydroxylation sites is 1. The van der Waals surface area contributed by atoms with Gasteiger partial charge in [0.25, 0.3) is 11.6 Å². The van der Waals surface area contributed by atoms with E-state index in [1.54, 1.807) is 18.2 Å². The summed E-state index contributed by atoms with van der Waals surface area (Å²) in [7, 11) is 0. The predicted molar refractivity (Wildman–Crippen MR) is 111 cm³/mol. The van der Waals surface area contributed by atoms with Crippen molar-refractivity contribution in [1.29, 1.82) is 0 Å². The summed E-state index contributed by atoms with van der Waals surface area (Å²) in [5.41, 5.74) is 4.32. The number of rotatable bonds is 4. The molecule has 0 spiro atoms. The van der Waals surface area contributed by atoms with Crippen LogP contribution < -0.4 is 5.43 Å². The number of thioether (sulfide) groups is 1. The maximum Gasteiger partial charge on any atom is 0.285 e. The van der Waals surface area contributed by atoms with Crippen molar-refractivity contribution in [1.82, 2.24) is 9.99 Å². The third-order valence-electron chi connectivity index (χ3n) is 3.67. The molecular weight excluding hydrogens is 404 g/mol. The maximum absolute atomic E-state index is 12.7. The first-order chi connectivity index (χ1) is 13.0. The number of nitro groups is 1. The van der Waals surface area contributed by atoms with Crippen LogP contribution in [0.15, 0.2) is 53.4 Å². The number of non-ortho nitro benzene ring substituents is 1. The average Bonchev–Trinajstić information content (AvgIpc) is 3.18. The molecule has 2 aromatic carbocycles. The minimum Gasteiger partial charge on any atom is -0.266 e. The van der Waals surface area contributed by atoms with E-state index < -0.39 is 4.92 Å². The maximum atomic E-state index is 12.7. The fourth-order valence-electron chi connectivity index (χ4n) is 2.46. The van der Waals surface area contributed by atoms with Gasteiger partial charge in [0.05, 0.1) is 20.0 Å². The van der Waals surface area contributed by atoms with Gasteiger partial charge in [0, 0.05) is 12.1 Å². The quantitative estimate of drug-likeness (QED) is 0.292. The molecule has 10 heteroatoms. The molecule has 0 aliphatic carbocycles. The van der Waals surface area contributed by atoms with E-state index in [4.69, 9.17) is 12.2 Å². The van der Waals surface area contributed by atoms with E-state index in [0.29, 0.717) is 19.9 Å². The lowest BCUT2D eigenvalue weighted by Gasteiger charge is -2.14. The minimum atomic E-state index is -0.475. The van der Waals surface area contributed by atoms with E-state index in [9.17, 15) is 14.9 Å². The summed E-state index contributed by atoms with van der Waals surface area (Å²) in [6.45, 7) is 0. The number of hydrazine groups is 1. The lowest BCUT2D eigenvalue weighted by Crippen LogP contribution is -2.33. The Morgan fingerprint density at radius 2 is 2.04 bits per heavy atom. The van der Waals surface area contributed by atoms with Crippen molar-refractivity contribution >= 4 is 72.7 Å². The van der Waals surface area contributed by atoms with Crippen LogP contribution in [0, 0.1) is 10.1 Å². The van der Waals surface area contributed by atoms with Crippen molar-refractivity contribution in [3.05, 3.63) is 69.1 Å². The number of nitro benzene ring substituents is 1. The number of hydrogen-bond donors (Lipinski definition) is 1. The van der Waals surface area contributed by atoms with Gasteiger partial charge in [0.1, 0.15) is 0 Å². The molecule has 2 heterocycles. The Balaban J connectivity index is 1.58. The number of nitrogens with one attached hydrogen (secondary N) is 1. The van der Waals surface area contributed by atoms with Crippen LogP contribution in [-0.2, 0) is 4.79 Å². The van der Waals surface area contributed by atoms with Crippen LogP contribution in [-0.4, -0.2) is 25.1 Å². The zero-order valence-corrected chi connectivity index (χ0v) is 15.9. The third-order valence-corrected chi connectivity index (χ3v) is 5.92. The van der Waals surface area contributed by atoms with Gasteiger partial charge in [-0.3, -0.25) is 20.3 Å². The Hall–Kier alpha value is -2.82. The lowest BCUT2D eigenvalue weighted by molar-refractivity contribution is -0.384. The highest BCUT2D eigenvalue weighted by molar-refractivity contribution is 8.26. The molecule has 1 amide bonds. The molecule has 1 fully saturated rings. The summed E-state index contributed by atoms with van der Waals surface area (Å²) < 4.78 is 1.34. The summed E-state index contributed by atoms with van der Waals surface area (Å²) in [5.74, 6) is -0.323. The number of aromatic nitrogens is 1. The first kappa shape index (κ1) is 17.6. The summed E-state index contributed by atoms with van der Waals surface area (Å²) in [6, 6.07) is 13.7. The summed E-state index contributed by atoms with van der Waals surface area (Å²) in [6.07, 6.45) is 1.59. The van der Waals surface area contributed by atoms with Gasteiger partial charge < -0.3 is 0 Å².